The summed E-state index contributed by atoms with van der Waals surface area (Å²) >= 11 is 6.25. The number of nitriles is 1. The second-order valence-corrected chi connectivity index (χ2v) is 15.1. The molecule has 258 valence electrons. The molecule has 4 aromatic carbocycles. The molecule has 0 radical (unpaired) electrons. The Hall–Kier alpha value is -4.15. The fourth-order valence-corrected chi connectivity index (χ4v) is 8.18. The number of carbonyl (C=O) groups is 1. The molecule has 4 rings (SSSR count). The smallest absolute Gasteiger partial charge is 0.361 e. The van der Waals surface area contributed by atoms with Crippen LogP contribution in [0.1, 0.15) is 36.1 Å². The molecule has 0 saturated heterocycles. The summed E-state index contributed by atoms with van der Waals surface area (Å²) in [6.45, 7) is 2.08. The summed E-state index contributed by atoms with van der Waals surface area (Å²) < 4.78 is 82.9. The Kier molecular flexibility index (Phi) is 12.0. The molecule has 0 aliphatic rings. The highest BCUT2D eigenvalue weighted by Gasteiger charge is 2.53. The summed E-state index contributed by atoms with van der Waals surface area (Å²) in [5, 5.41) is 10.4. The van der Waals surface area contributed by atoms with Gasteiger partial charge in [0.15, 0.2) is 0 Å². The summed E-state index contributed by atoms with van der Waals surface area (Å²) in [6, 6.07) is 23.8. The zero-order valence-corrected chi connectivity index (χ0v) is 29.1. The normalized spacial score (nSPS) is 13.7. The predicted octanol–water partition coefficient (Wildman–Crippen LogP) is 7.05. The van der Waals surface area contributed by atoms with Crippen molar-refractivity contribution in [2.24, 2.45) is 0 Å². The lowest BCUT2D eigenvalue weighted by molar-refractivity contribution is -0.144. The standard InChI is InChI=1S/C34H33ClF2N3O7PS/c1-4-47-33(41)23(2)39-48(42,43)34(36,37)29-17-14-26(19-30(29)35)22-40(49(44,45)32-11-6-5-10-31(32)46-3)21-24-12-15-27(16-13-24)28-9-7-8-25(18-28)20-38/h5-19,23H,4,21-22H2,1-3H3,(H2,39,42,43)/t23-/m0/s1. The van der Waals surface area contributed by atoms with Crippen LogP contribution in [0.3, 0.4) is 0 Å². The summed E-state index contributed by atoms with van der Waals surface area (Å²) in [7, 11) is -8.52. The molecule has 10 nitrogen and oxygen atoms in total. The van der Waals surface area contributed by atoms with Gasteiger partial charge in [0, 0.05) is 13.1 Å². The van der Waals surface area contributed by atoms with Gasteiger partial charge in [-0.2, -0.15) is 18.3 Å². The minimum Gasteiger partial charge on any atom is -0.495 e. The van der Waals surface area contributed by atoms with E-state index < -0.39 is 45.8 Å². The molecule has 0 spiro atoms. The number of nitrogens with zero attached hydrogens (tertiary/aromatic N) is 2. The largest absolute Gasteiger partial charge is 0.495 e. The number of methoxy groups -OCH3 is 1. The van der Waals surface area contributed by atoms with Crippen LogP contribution in [0.5, 0.6) is 5.75 Å². The maximum absolute atomic E-state index is 15.4. The van der Waals surface area contributed by atoms with Crippen LogP contribution >= 0.6 is 19.1 Å². The van der Waals surface area contributed by atoms with E-state index in [0.29, 0.717) is 11.1 Å². The number of ether oxygens (including phenoxy) is 2. The lowest BCUT2D eigenvalue weighted by atomic mass is 10.0. The number of hydrogen-bond acceptors (Lipinski definition) is 7. The third kappa shape index (κ3) is 8.54. The van der Waals surface area contributed by atoms with Crippen molar-refractivity contribution in [1.29, 1.82) is 5.26 Å². The zero-order valence-electron chi connectivity index (χ0n) is 26.6. The van der Waals surface area contributed by atoms with Crippen molar-refractivity contribution in [2.45, 2.75) is 43.5 Å². The molecule has 0 bridgehead atoms. The Morgan fingerprint density at radius 3 is 2.31 bits per heavy atom. The van der Waals surface area contributed by atoms with E-state index in [2.05, 4.69) is 6.07 Å². The highest BCUT2D eigenvalue weighted by atomic mass is 35.5. The van der Waals surface area contributed by atoms with Gasteiger partial charge in [0.2, 0.25) is 10.0 Å². The zero-order chi connectivity index (χ0) is 36.0. The quantitative estimate of drug-likeness (QED) is 0.103. The first kappa shape index (κ1) is 37.7. The van der Waals surface area contributed by atoms with Gasteiger partial charge >= 0.3 is 19.2 Å². The van der Waals surface area contributed by atoms with Crippen molar-refractivity contribution < 1.29 is 40.9 Å². The van der Waals surface area contributed by atoms with Crippen molar-refractivity contribution in [3.05, 3.63) is 118 Å². The summed E-state index contributed by atoms with van der Waals surface area (Å²) in [4.78, 5) is 22.1. The van der Waals surface area contributed by atoms with Crippen LogP contribution in [0.4, 0.5) is 8.78 Å². The Bertz CT molecular complexity index is 2020. The second kappa shape index (κ2) is 15.6. The first-order valence-corrected chi connectivity index (χ1v) is 18.3. The average Bonchev–Trinajstić information content (AvgIpc) is 3.08. The monoisotopic (exact) mass is 731 g/mol. The number of sulfonamides is 1. The lowest BCUT2D eigenvalue weighted by Crippen LogP contribution is -2.37. The van der Waals surface area contributed by atoms with E-state index in [9.17, 15) is 27.9 Å². The molecule has 0 aliphatic carbocycles. The van der Waals surface area contributed by atoms with Gasteiger partial charge < -0.3 is 14.4 Å². The van der Waals surface area contributed by atoms with E-state index in [1.807, 2.05) is 6.07 Å². The molecule has 15 heteroatoms. The van der Waals surface area contributed by atoms with Gasteiger partial charge in [0.25, 0.3) is 0 Å². The highest BCUT2D eigenvalue weighted by Crippen LogP contribution is 2.61. The third-order valence-corrected chi connectivity index (χ3v) is 11.3. The fraction of sp³-hybridized carbons (Fsp3) is 0.235. The van der Waals surface area contributed by atoms with Crippen molar-refractivity contribution in [3.63, 3.8) is 0 Å². The van der Waals surface area contributed by atoms with Gasteiger partial charge in [-0.3, -0.25) is 9.36 Å². The maximum atomic E-state index is 15.4. The Labute approximate surface area is 288 Å². The van der Waals surface area contributed by atoms with E-state index in [0.717, 1.165) is 34.5 Å². The van der Waals surface area contributed by atoms with Crippen LogP contribution in [-0.2, 0) is 42.9 Å². The van der Waals surface area contributed by atoms with Crippen LogP contribution in [0, 0.1) is 11.3 Å². The molecule has 0 aromatic heterocycles. The number of esters is 1. The van der Waals surface area contributed by atoms with Gasteiger partial charge in [-0.25, -0.2) is 13.5 Å². The number of halogens is 3. The van der Waals surface area contributed by atoms with E-state index in [1.165, 1.54) is 38.3 Å². The second-order valence-electron chi connectivity index (χ2n) is 10.8. The maximum Gasteiger partial charge on any atom is 0.361 e. The minimum absolute atomic E-state index is 0.0584. The molecule has 0 fully saturated rings. The summed E-state index contributed by atoms with van der Waals surface area (Å²) in [5.41, 5.74) is -2.54. The number of carbonyl (C=O) groups excluding carboxylic acids is 1. The van der Waals surface area contributed by atoms with Gasteiger partial charge in [-0.15, -0.1) is 0 Å². The van der Waals surface area contributed by atoms with E-state index >= 15 is 8.78 Å². The molecule has 0 saturated carbocycles. The number of nitrogens with one attached hydrogen (secondary N) is 1. The third-order valence-electron chi connectivity index (χ3n) is 7.43. The van der Waals surface area contributed by atoms with Gasteiger partial charge in [-0.1, -0.05) is 72.3 Å². The SMILES string of the molecule is CCOC(=O)[C@H](C)NP(=O)(O)C(F)(F)c1ccc(CN(Cc2ccc(-c3cccc(C#N)c3)cc2)S(=O)(=O)c2ccccc2OC)cc1Cl. The van der Waals surface area contributed by atoms with Crippen molar-refractivity contribution in [2.75, 3.05) is 13.7 Å². The van der Waals surface area contributed by atoms with E-state index in [1.54, 1.807) is 53.6 Å². The molecule has 2 N–H and O–H groups in total. The van der Waals surface area contributed by atoms with Crippen molar-refractivity contribution >= 4 is 35.1 Å². The molecule has 0 amide bonds. The van der Waals surface area contributed by atoms with E-state index in [4.69, 9.17) is 21.1 Å². The van der Waals surface area contributed by atoms with Gasteiger partial charge in [0.05, 0.1) is 35.9 Å². The molecule has 2 atom stereocenters. The van der Waals surface area contributed by atoms with Gasteiger partial charge in [-0.05, 0) is 66.4 Å². The molecule has 49 heavy (non-hydrogen) atoms. The lowest BCUT2D eigenvalue weighted by Gasteiger charge is -2.27. The van der Waals surface area contributed by atoms with Crippen LogP contribution in [0.15, 0.2) is 95.9 Å². The Morgan fingerprint density at radius 2 is 1.67 bits per heavy atom. The van der Waals surface area contributed by atoms with Crippen molar-refractivity contribution in [1.82, 2.24) is 9.39 Å². The van der Waals surface area contributed by atoms with Crippen LogP contribution < -0.4 is 9.82 Å². The Morgan fingerprint density at radius 1 is 1.02 bits per heavy atom. The number of hydrogen-bond donors (Lipinski definition) is 2. The average molecular weight is 732 g/mol. The molecule has 0 heterocycles. The first-order chi connectivity index (χ1) is 23.1. The molecule has 1 unspecified atom stereocenters. The molecule has 4 aromatic rings. The van der Waals surface area contributed by atoms with Crippen LogP contribution in [-0.4, -0.2) is 43.3 Å². The number of rotatable bonds is 14. The number of para-hydroxylation sites is 1. The number of alkyl halides is 2. The van der Waals surface area contributed by atoms with Crippen LogP contribution in [0.2, 0.25) is 5.02 Å². The fourth-order valence-electron chi connectivity index (χ4n) is 4.90. The minimum atomic E-state index is -5.58. The Balaban J connectivity index is 1.67. The number of benzene rings is 4. The summed E-state index contributed by atoms with van der Waals surface area (Å²) in [6.07, 6.45) is 0. The topological polar surface area (TPSA) is 146 Å². The van der Waals surface area contributed by atoms with E-state index in [-0.39, 0.29) is 35.9 Å². The molecular formula is C34H33ClF2N3O7PS. The van der Waals surface area contributed by atoms with Crippen LogP contribution in [0.25, 0.3) is 11.1 Å². The summed E-state index contributed by atoms with van der Waals surface area (Å²) in [5.74, 6) is -0.898. The molecule has 0 aliphatic heterocycles. The van der Waals surface area contributed by atoms with Crippen molar-refractivity contribution in [3.8, 4) is 22.9 Å². The first-order valence-electron chi connectivity index (χ1n) is 14.8. The predicted molar refractivity (Wildman–Crippen MR) is 180 cm³/mol. The highest BCUT2D eigenvalue weighted by molar-refractivity contribution is 7.89. The van der Waals surface area contributed by atoms with Gasteiger partial charge in [0.1, 0.15) is 16.7 Å². The molecular weight excluding hydrogens is 699 g/mol.